The van der Waals surface area contributed by atoms with Crippen LogP contribution in [0.5, 0.6) is 0 Å². The average Bonchev–Trinajstić information content (AvgIpc) is 2.48. The molecule has 0 radical (unpaired) electrons. The minimum atomic E-state index is -0.518. The first-order valence-corrected chi connectivity index (χ1v) is 7.15. The van der Waals surface area contributed by atoms with Crippen LogP contribution in [0.2, 0.25) is 0 Å². The number of nitrogens with two attached hydrogens (primary N) is 1. The van der Waals surface area contributed by atoms with Gasteiger partial charge in [-0.1, -0.05) is 6.92 Å². The number of carbonyl (C=O) groups excluding carboxylic acids is 2. The van der Waals surface area contributed by atoms with Crippen LogP contribution < -0.4 is 11.1 Å². The van der Waals surface area contributed by atoms with Crippen molar-refractivity contribution in [3.63, 3.8) is 0 Å². The number of pyridine rings is 1. The lowest BCUT2D eigenvalue weighted by molar-refractivity contribution is 0.0998. The van der Waals surface area contributed by atoms with Gasteiger partial charge in [-0.05, 0) is 52.2 Å². The van der Waals surface area contributed by atoms with Crippen LogP contribution in [0.15, 0.2) is 41.1 Å². The van der Waals surface area contributed by atoms with Crippen molar-refractivity contribution in [2.45, 2.75) is 13.3 Å². The Hall–Kier alpha value is -2.21. The summed E-state index contributed by atoms with van der Waals surface area (Å²) >= 11 is 3.32. The van der Waals surface area contributed by atoms with Gasteiger partial charge in [0.2, 0.25) is 5.91 Å². The number of anilines is 1. The Morgan fingerprint density at radius 1 is 1.33 bits per heavy atom. The van der Waals surface area contributed by atoms with Gasteiger partial charge in [0, 0.05) is 28.0 Å². The quantitative estimate of drug-likeness (QED) is 0.891. The molecule has 0 aliphatic carbocycles. The summed E-state index contributed by atoms with van der Waals surface area (Å²) in [4.78, 5) is 27.4. The predicted molar refractivity (Wildman–Crippen MR) is 84.2 cm³/mol. The zero-order valence-electron chi connectivity index (χ0n) is 11.4. The Labute approximate surface area is 130 Å². The summed E-state index contributed by atoms with van der Waals surface area (Å²) < 4.78 is 0.597. The zero-order chi connectivity index (χ0) is 15.4. The molecule has 2 rings (SSSR count). The maximum atomic E-state index is 12.3. The topological polar surface area (TPSA) is 85.1 Å². The summed E-state index contributed by atoms with van der Waals surface area (Å²) in [6.07, 6.45) is 3.98. The highest BCUT2D eigenvalue weighted by Crippen LogP contribution is 2.24. The number of primary amides is 1. The molecule has 0 saturated heterocycles. The number of amides is 2. The van der Waals surface area contributed by atoms with Gasteiger partial charge in [-0.2, -0.15) is 0 Å². The van der Waals surface area contributed by atoms with E-state index >= 15 is 0 Å². The third-order valence-corrected chi connectivity index (χ3v) is 3.69. The molecule has 0 spiro atoms. The highest BCUT2D eigenvalue weighted by Gasteiger charge is 2.13. The molecule has 3 N–H and O–H groups in total. The van der Waals surface area contributed by atoms with Gasteiger partial charge in [-0.3, -0.25) is 14.6 Å². The summed E-state index contributed by atoms with van der Waals surface area (Å²) in [6, 6.07) is 6.45. The highest BCUT2D eigenvalue weighted by atomic mass is 79.9. The van der Waals surface area contributed by atoms with E-state index in [1.807, 2.05) is 6.92 Å². The fourth-order valence-electron chi connectivity index (χ4n) is 1.89. The number of hydrogen-bond acceptors (Lipinski definition) is 3. The number of benzene rings is 1. The standard InChI is InChI=1S/C15H14BrN3O2/c1-2-9-8-18-6-5-11(9)15(21)19-13-4-3-10(14(17)20)7-12(13)16/h3-8H,2H2,1H3,(H2,17,20)(H,19,21). The second kappa shape index (κ2) is 6.49. The van der Waals surface area contributed by atoms with Crippen LogP contribution >= 0.6 is 15.9 Å². The lowest BCUT2D eigenvalue weighted by atomic mass is 10.1. The van der Waals surface area contributed by atoms with Crippen LogP contribution in [0.1, 0.15) is 33.2 Å². The maximum Gasteiger partial charge on any atom is 0.256 e. The second-order valence-corrected chi connectivity index (χ2v) is 5.25. The molecule has 0 atom stereocenters. The van der Waals surface area contributed by atoms with Gasteiger partial charge < -0.3 is 11.1 Å². The van der Waals surface area contributed by atoms with Crippen molar-refractivity contribution in [2.24, 2.45) is 5.73 Å². The second-order valence-electron chi connectivity index (χ2n) is 4.40. The average molecular weight is 348 g/mol. The Kier molecular flexibility index (Phi) is 4.70. The zero-order valence-corrected chi connectivity index (χ0v) is 13.0. The fraction of sp³-hybridized carbons (Fsp3) is 0.133. The Morgan fingerprint density at radius 2 is 2.10 bits per heavy atom. The summed E-state index contributed by atoms with van der Waals surface area (Å²) in [5.74, 6) is -0.738. The minimum absolute atomic E-state index is 0.221. The first-order chi connectivity index (χ1) is 10.0. The highest BCUT2D eigenvalue weighted by molar-refractivity contribution is 9.10. The molecule has 2 amide bonds. The molecule has 6 heteroatoms. The van der Waals surface area contributed by atoms with Crippen molar-refractivity contribution in [2.75, 3.05) is 5.32 Å². The molecule has 0 aliphatic rings. The van der Waals surface area contributed by atoms with E-state index in [0.29, 0.717) is 21.3 Å². The monoisotopic (exact) mass is 347 g/mol. The fourth-order valence-corrected chi connectivity index (χ4v) is 2.37. The maximum absolute atomic E-state index is 12.3. The van der Waals surface area contributed by atoms with E-state index in [1.54, 1.807) is 36.7 Å². The number of nitrogens with zero attached hydrogens (tertiary/aromatic N) is 1. The van der Waals surface area contributed by atoms with E-state index in [0.717, 1.165) is 12.0 Å². The molecule has 0 saturated carbocycles. The number of nitrogens with one attached hydrogen (secondary N) is 1. The van der Waals surface area contributed by atoms with Crippen LogP contribution in [0.25, 0.3) is 0 Å². The van der Waals surface area contributed by atoms with Gasteiger partial charge in [-0.15, -0.1) is 0 Å². The Morgan fingerprint density at radius 3 is 2.71 bits per heavy atom. The van der Waals surface area contributed by atoms with Crippen molar-refractivity contribution in [3.8, 4) is 0 Å². The molecule has 0 unspecified atom stereocenters. The van der Waals surface area contributed by atoms with Crippen LogP contribution in [0, 0.1) is 0 Å². The third-order valence-electron chi connectivity index (χ3n) is 3.03. The van der Waals surface area contributed by atoms with Gasteiger partial charge >= 0.3 is 0 Å². The minimum Gasteiger partial charge on any atom is -0.366 e. The molecule has 0 bridgehead atoms. The van der Waals surface area contributed by atoms with Gasteiger partial charge in [0.15, 0.2) is 0 Å². The number of aromatic nitrogens is 1. The lowest BCUT2D eigenvalue weighted by Crippen LogP contribution is -2.15. The number of halogens is 1. The number of aryl methyl sites for hydroxylation is 1. The van der Waals surface area contributed by atoms with E-state index in [-0.39, 0.29) is 5.91 Å². The van der Waals surface area contributed by atoms with E-state index in [9.17, 15) is 9.59 Å². The first-order valence-electron chi connectivity index (χ1n) is 6.36. The SMILES string of the molecule is CCc1cnccc1C(=O)Nc1ccc(C(N)=O)cc1Br. The van der Waals surface area contributed by atoms with E-state index in [4.69, 9.17) is 5.73 Å². The molecule has 2 aromatic rings. The van der Waals surface area contributed by atoms with Gasteiger partial charge in [-0.25, -0.2) is 0 Å². The number of rotatable bonds is 4. The largest absolute Gasteiger partial charge is 0.366 e. The molecule has 0 fully saturated rings. The molecule has 5 nitrogen and oxygen atoms in total. The van der Waals surface area contributed by atoms with E-state index in [1.165, 1.54) is 0 Å². The molecule has 21 heavy (non-hydrogen) atoms. The van der Waals surface area contributed by atoms with Crippen LogP contribution in [0.4, 0.5) is 5.69 Å². The van der Waals surface area contributed by atoms with Gasteiger partial charge in [0.1, 0.15) is 0 Å². The summed E-state index contributed by atoms with van der Waals surface area (Å²) in [5.41, 5.74) is 7.61. The smallest absolute Gasteiger partial charge is 0.256 e. The first kappa shape index (κ1) is 15.2. The third kappa shape index (κ3) is 3.46. The Balaban J connectivity index is 2.26. The molecule has 108 valence electrons. The molecular weight excluding hydrogens is 334 g/mol. The van der Waals surface area contributed by atoms with Crippen molar-refractivity contribution in [1.82, 2.24) is 4.98 Å². The molecule has 1 aromatic heterocycles. The van der Waals surface area contributed by atoms with Crippen molar-refractivity contribution in [1.29, 1.82) is 0 Å². The van der Waals surface area contributed by atoms with Crippen molar-refractivity contribution < 1.29 is 9.59 Å². The van der Waals surface area contributed by atoms with E-state index < -0.39 is 5.91 Å². The molecule has 1 aromatic carbocycles. The summed E-state index contributed by atoms with van der Waals surface area (Å²) in [6.45, 7) is 1.96. The summed E-state index contributed by atoms with van der Waals surface area (Å²) in [5, 5.41) is 2.80. The van der Waals surface area contributed by atoms with Crippen molar-refractivity contribution >= 4 is 33.4 Å². The molecule has 1 heterocycles. The Bertz CT molecular complexity index is 701. The predicted octanol–water partition coefficient (Wildman–Crippen LogP) is 2.76. The van der Waals surface area contributed by atoms with Gasteiger partial charge in [0.25, 0.3) is 5.91 Å². The molecule has 0 aliphatic heterocycles. The molecular formula is C15H14BrN3O2. The van der Waals surface area contributed by atoms with Crippen LogP contribution in [0.3, 0.4) is 0 Å². The number of carbonyl (C=O) groups is 2. The normalized spacial score (nSPS) is 10.2. The number of hydrogen-bond donors (Lipinski definition) is 2. The van der Waals surface area contributed by atoms with Gasteiger partial charge in [0.05, 0.1) is 5.69 Å². The lowest BCUT2D eigenvalue weighted by Gasteiger charge is -2.10. The van der Waals surface area contributed by atoms with Crippen LogP contribution in [-0.2, 0) is 6.42 Å². The van der Waals surface area contributed by atoms with Crippen LogP contribution in [-0.4, -0.2) is 16.8 Å². The van der Waals surface area contributed by atoms with Crippen molar-refractivity contribution in [3.05, 3.63) is 57.8 Å². The summed E-state index contributed by atoms with van der Waals surface area (Å²) in [7, 11) is 0. The van der Waals surface area contributed by atoms with E-state index in [2.05, 4.69) is 26.2 Å².